The molecule has 9 N–H and O–H groups in total. The van der Waals surface area contributed by atoms with Gasteiger partial charge in [0.2, 0.25) is 0 Å². The first-order valence-corrected chi connectivity index (χ1v) is 11.3. The van der Waals surface area contributed by atoms with Crippen LogP contribution in [-0.2, 0) is 0 Å². The lowest BCUT2D eigenvalue weighted by molar-refractivity contribution is 0.0648. The molecular formula is C27H21Cl3O18. The molecule has 0 amide bonds. The predicted octanol–water partition coefficient (Wildman–Crippen LogP) is 3.61. The maximum Gasteiger partial charge on any atom is 0.336 e. The first-order chi connectivity index (χ1) is 20.8. The molecule has 0 spiro atoms. The highest BCUT2D eigenvalue weighted by Crippen LogP contribution is 2.15. The molecule has 0 atom stereocenters. The summed E-state index contributed by atoms with van der Waals surface area (Å²) < 4.78 is 0. The highest BCUT2D eigenvalue weighted by atomic mass is 35.5. The van der Waals surface area contributed by atoms with Crippen molar-refractivity contribution >= 4 is 90.9 Å². The Morgan fingerprint density at radius 3 is 0.562 bits per heavy atom. The van der Waals surface area contributed by atoms with E-state index in [4.69, 9.17) is 46.0 Å². The van der Waals surface area contributed by atoms with E-state index < -0.39 is 87.1 Å². The average molecular weight is 740 g/mol. The molecule has 0 aliphatic carbocycles. The normalized spacial score (nSPS) is 9.00. The average Bonchev–Trinajstić information content (AvgIpc) is 2.96. The highest BCUT2D eigenvalue weighted by Gasteiger charge is 2.20. The fraction of sp³-hybridized carbons (Fsp3) is 0. The molecule has 0 heterocycles. The van der Waals surface area contributed by atoms with Crippen LogP contribution >= 0.6 is 37.2 Å². The van der Waals surface area contributed by atoms with Crippen LogP contribution < -0.4 is 0 Å². The van der Waals surface area contributed by atoms with Gasteiger partial charge in [0.1, 0.15) is 0 Å². The Bertz CT molecular complexity index is 1560. The Morgan fingerprint density at radius 2 is 0.438 bits per heavy atom. The second-order valence-corrected chi connectivity index (χ2v) is 8.03. The van der Waals surface area contributed by atoms with E-state index in [-0.39, 0.29) is 53.9 Å². The molecule has 258 valence electrons. The summed E-state index contributed by atoms with van der Waals surface area (Å²) in [5.74, 6) is -12.6. The molecule has 0 aliphatic heterocycles. The Morgan fingerprint density at radius 1 is 0.271 bits per heavy atom. The van der Waals surface area contributed by atoms with Crippen molar-refractivity contribution in [2.45, 2.75) is 0 Å². The van der Waals surface area contributed by atoms with Gasteiger partial charge in [-0.25, -0.2) is 43.2 Å². The molecule has 21 heteroatoms. The number of carboxylic acids is 9. The summed E-state index contributed by atoms with van der Waals surface area (Å²) in [5, 5.41) is 77.6. The lowest BCUT2D eigenvalue weighted by Crippen LogP contribution is -2.10. The standard InChI is InChI=1S/3C9H6O6.3ClH/c3*10-7(11)4-1-2-5(8(12)13)6(3-4)9(14)15;;;/h3*1-3H,(H,10,11)(H,12,13)(H,14,15);3*1H. The van der Waals surface area contributed by atoms with Crippen molar-refractivity contribution in [1.82, 2.24) is 0 Å². The van der Waals surface area contributed by atoms with E-state index in [2.05, 4.69) is 0 Å². The molecule has 0 bridgehead atoms. The van der Waals surface area contributed by atoms with Gasteiger partial charge in [-0.05, 0) is 54.6 Å². The van der Waals surface area contributed by atoms with E-state index in [1.54, 1.807) is 0 Å². The maximum atomic E-state index is 10.6. The molecule has 0 saturated heterocycles. The number of rotatable bonds is 9. The third-order valence-electron chi connectivity index (χ3n) is 5.18. The number of benzene rings is 3. The SMILES string of the molecule is Cl.Cl.Cl.O=C(O)c1ccc(C(=O)O)c(C(=O)O)c1.O=C(O)c1ccc(C(=O)O)c(C(=O)O)c1.O=C(O)c1ccc(C(=O)O)c(C(=O)O)c1. The third-order valence-corrected chi connectivity index (χ3v) is 5.18. The molecule has 18 nitrogen and oxygen atoms in total. The van der Waals surface area contributed by atoms with Gasteiger partial charge in [0.05, 0.1) is 50.1 Å². The predicted molar refractivity (Wildman–Crippen MR) is 164 cm³/mol. The maximum absolute atomic E-state index is 10.6. The second-order valence-electron chi connectivity index (χ2n) is 8.03. The Labute approximate surface area is 284 Å². The van der Waals surface area contributed by atoms with Gasteiger partial charge < -0.3 is 46.0 Å². The topological polar surface area (TPSA) is 336 Å². The molecular weight excluding hydrogens is 719 g/mol. The first kappa shape index (κ1) is 46.2. The van der Waals surface area contributed by atoms with Crippen LogP contribution in [0.2, 0.25) is 0 Å². The number of carboxylic acid groups (broad SMARTS) is 9. The first-order valence-electron chi connectivity index (χ1n) is 11.3. The summed E-state index contributed by atoms with van der Waals surface area (Å²) in [6.07, 6.45) is 0. The van der Waals surface area contributed by atoms with E-state index in [9.17, 15) is 43.2 Å². The fourth-order valence-electron chi connectivity index (χ4n) is 3.12. The van der Waals surface area contributed by atoms with Crippen LogP contribution in [0, 0.1) is 0 Å². The van der Waals surface area contributed by atoms with Gasteiger partial charge in [-0.15, -0.1) is 37.2 Å². The molecule has 0 aromatic heterocycles. The smallest absolute Gasteiger partial charge is 0.336 e. The van der Waals surface area contributed by atoms with E-state index in [0.29, 0.717) is 0 Å². The van der Waals surface area contributed by atoms with Crippen molar-refractivity contribution in [1.29, 1.82) is 0 Å². The Kier molecular flexibility index (Phi) is 19.2. The summed E-state index contributed by atoms with van der Waals surface area (Å²) in [6.45, 7) is 0. The van der Waals surface area contributed by atoms with Crippen LogP contribution in [0.5, 0.6) is 0 Å². The molecule has 3 aromatic rings. The quantitative estimate of drug-likeness (QED) is 0.151. The van der Waals surface area contributed by atoms with Crippen LogP contribution in [0.1, 0.15) is 93.2 Å². The van der Waals surface area contributed by atoms with Crippen molar-refractivity contribution in [3.05, 3.63) is 105 Å². The van der Waals surface area contributed by atoms with Crippen molar-refractivity contribution in [3.8, 4) is 0 Å². The zero-order chi connectivity index (χ0) is 34.8. The molecule has 3 aromatic carbocycles. The van der Waals surface area contributed by atoms with Gasteiger partial charge in [-0.2, -0.15) is 0 Å². The zero-order valence-corrected chi connectivity index (χ0v) is 25.6. The van der Waals surface area contributed by atoms with E-state index in [1.165, 1.54) is 0 Å². The van der Waals surface area contributed by atoms with Crippen molar-refractivity contribution in [3.63, 3.8) is 0 Å². The molecule has 0 aliphatic rings. The van der Waals surface area contributed by atoms with Crippen molar-refractivity contribution < 1.29 is 89.1 Å². The van der Waals surface area contributed by atoms with E-state index in [1.807, 2.05) is 0 Å². The van der Waals surface area contributed by atoms with Crippen molar-refractivity contribution in [2.75, 3.05) is 0 Å². The van der Waals surface area contributed by atoms with Crippen LogP contribution in [0.15, 0.2) is 54.6 Å². The molecule has 0 unspecified atom stereocenters. The lowest BCUT2D eigenvalue weighted by Gasteiger charge is -2.02. The van der Waals surface area contributed by atoms with Crippen molar-refractivity contribution in [2.24, 2.45) is 0 Å². The molecule has 0 saturated carbocycles. The summed E-state index contributed by atoms with van der Waals surface area (Å²) in [5.41, 5.74) is -3.73. The Hall–Kier alpha value is -6.24. The summed E-state index contributed by atoms with van der Waals surface area (Å²) >= 11 is 0. The molecule has 48 heavy (non-hydrogen) atoms. The zero-order valence-electron chi connectivity index (χ0n) is 23.1. The largest absolute Gasteiger partial charge is 0.478 e. The number of hydrogen-bond donors (Lipinski definition) is 9. The van der Waals surface area contributed by atoms with E-state index >= 15 is 0 Å². The second kappa shape index (κ2) is 20.0. The minimum absolute atomic E-state index is 0. The summed E-state index contributed by atoms with van der Waals surface area (Å²) in [7, 11) is 0. The lowest BCUT2D eigenvalue weighted by atomic mass is 10.0. The van der Waals surface area contributed by atoms with Crippen LogP contribution in [0.25, 0.3) is 0 Å². The number of aromatic carboxylic acids is 9. The molecule has 0 radical (unpaired) electrons. The van der Waals surface area contributed by atoms with Gasteiger partial charge in [-0.3, -0.25) is 0 Å². The van der Waals surface area contributed by atoms with Gasteiger partial charge >= 0.3 is 53.7 Å². The van der Waals surface area contributed by atoms with Gasteiger partial charge in [0.25, 0.3) is 0 Å². The minimum Gasteiger partial charge on any atom is -0.478 e. The monoisotopic (exact) mass is 738 g/mol. The molecule has 0 fully saturated rings. The van der Waals surface area contributed by atoms with Gasteiger partial charge in [0.15, 0.2) is 0 Å². The number of halogens is 3. The van der Waals surface area contributed by atoms with E-state index in [0.717, 1.165) is 54.6 Å². The number of hydrogen-bond acceptors (Lipinski definition) is 9. The van der Waals surface area contributed by atoms with Gasteiger partial charge in [0, 0.05) is 0 Å². The Balaban J connectivity index is -0.000000614. The summed E-state index contributed by atoms with van der Waals surface area (Å²) in [4.78, 5) is 95.3. The summed E-state index contributed by atoms with van der Waals surface area (Å²) in [6, 6.07) is 8.42. The van der Waals surface area contributed by atoms with Crippen LogP contribution in [0.4, 0.5) is 0 Å². The fourth-order valence-corrected chi connectivity index (χ4v) is 3.12. The van der Waals surface area contributed by atoms with Gasteiger partial charge in [-0.1, -0.05) is 0 Å². The van der Waals surface area contributed by atoms with Crippen LogP contribution in [-0.4, -0.2) is 99.7 Å². The molecule has 3 rings (SSSR count). The minimum atomic E-state index is -1.48. The third kappa shape index (κ3) is 12.6. The highest BCUT2D eigenvalue weighted by molar-refractivity contribution is 6.05. The van der Waals surface area contributed by atoms with Crippen LogP contribution in [0.3, 0.4) is 0 Å². The number of carbonyl (C=O) groups is 9.